The fourth-order valence-corrected chi connectivity index (χ4v) is 12.7. The lowest BCUT2D eigenvalue weighted by Crippen LogP contribution is -2.61. The van der Waals surface area contributed by atoms with Gasteiger partial charge in [-0.3, -0.25) is 33.6 Å². The third-order valence-corrected chi connectivity index (χ3v) is 19.0. The molecular formula is C72H115NO22. The number of fused-ring (bicyclic) bond motifs is 3. The maximum atomic E-state index is 14.8. The molecule has 1 aliphatic carbocycles. The minimum atomic E-state index is -2.50. The summed E-state index contributed by atoms with van der Waals surface area (Å²) >= 11 is 0. The molecule has 1 amide bonds. The van der Waals surface area contributed by atoms with Crippen LogP contribution >= 0.6 is 0 Å². The van der Waals surface area contributed by atoms with Gasteiger partial charge in [0, 0.05) is 98.7 Å². The number of esters is 4. The van der Waals surface area contributed by atoms with Crippen LogP contribution in [0.15, 0.2) is 47.6 Å². The number of ether oxygens (including phenoxy) is 12. The lowest BCUT2D eigenvalue weighted by atomic mass is 9.78. The predicted molar refractivity (Wildman–Crippen MR) is 352 cm³/mol. The molecule has 0 spiro atoms. The Morgan fingerprint density at radius 3 is 1.97 bits per heavy atom. The number of aliphatic hydroxyl groups excluding tert-OH is 1. The topological polar surface area (TPSA) is 291 Å². The zero-order valence-corrected chi connectivity index (χ0v) is 59.1. The first-order valence-corrected chi connectivity index (χ1v) is 34.4. The van der Waals surface area contributed by atoms with E-state index in [0.29, 0.717) is 129 Å². The average Bonchev–Trinajstić information content (AvgIpc) is 0.790. The van der Waals surface area contributed by atoms with E-state index in [2.05, 4.69) is 0 Å². The highest BCUT2D eigenvalue weighted by Crippen LogP contribution is 2.39. The molecule has 4 rings (SSSR count). The monoisotopic (exact) mass is 1350 g/mol. The Bertz CT molecular complexity index is 2510. The van der Waals surface area contributed by atoms with Gasteiger partial charge in [0.2, 0.25) is 5.79 Å². The number of unbranched alkanes of at least 4 members (excludes halogenated alkanes) is 2. The summed E-state index contributed by atoms with van der Waals surface area (Å²) in [6.07, 6.45) is 11.1. The van der Waals surface area contributed by atoms with Gasteiger partial charge in [0.15, 0.2) is 5.78 Å². The summed E-state index contributed by atoms with van der Waals surface area (Å²) in [6.45, 7) is 15.8. The maximum absolute atomic E-state index is 14.8. The van der Waals surface area contributed by atoms with Crippen molar-refractivity contribution in [3.8, 4) is 0 Å². The van der Waals surface area contributed by atoms with Crippen LogP contribution in [0.5, 0.6) is 0 Å². The van der Waals surface area contributed by atoms with Gasteiger partial charge in [-0.25, -0.2) is 4.79 Å². The lowest BCUT2D eigenvalue weighted by molar-refractivity contribution is -0.265. The van der Waals surface area contributed by atoms with Gasteiger partial charge in [0.05, 0.1) is 44.7 Å². The van der Waals surface area contributed by atoms with Crippen LogP contribution in [-0.2, 0) is 95.2 Å². The van der Waals surface area contributed by atoms with E-state index >= 15 is 0 Å². The van der Waals surface area contributed by atoms with E-state index in [4.69, 9.17) is 56.8 Å². The molecule has 540 valence electrons. The molecule has 3 heterocycles. The smallest absolute Gasteiger partial charge is 0.329 e. The van der Waals surface area contributed by atoms with Crippen LogP contribution in [0.2, 0.25) is 0 Å². The first kappa shape index (κ1) is 82.3. The molecule has 3 aliphatic heterocycles. The molecule has 0 unspecified atom stereocenters. The molecule has 0 aromatic rings. The molecular weight excluding hydrogens is 1230 g/mol. The van der Waals surface area contributed by atoms with Crippen LogP contribution < -0.4 is 0 Å². The molecule has 2 saturated heterocycles. The van der Waals surface area contributed by atoms with Crippen LogP contribution in [0.25, 0.3) is 0 Å². The lowest BCUT2D eigenvalue weighted by Gasteiger charge is -2.42. The van der Waals surface area contributed by atoms with E-state index in [1.807, 2.05) is 51.2 Å². The normalized spacial score (nSPS) is 31.4. The molecule has 4 aliphatic rings. The van der Waals surface area contributed by atoms with E-state index in [1.54, 1.807) is 55.1 Å². The number of carbonyl (C=O) groups excluding carboxylic acids is 8. The number of rotatable bonds is 28. The Labute approximate surface area is 564 Å². The average molecular weight is 1350 g/mol. The van der Waals surface area contributed by atoms with Gasteiger partial charge < -0.3 is 72.0 Å². The molecule has 0 aromatic heterocycles. The van der Waals surface area contributed by atoms with Crippen LogP contribution in [0.3, 0.4) is 0 Å². The van der Waals surface area contributed by atoms with Crippen molar-refractivity contribution in [3.05, 3.63) is 47.6 Å². The fourth-order valence-electron chi connectivity index (χ4n) is 12.7. The Hall–Kier alpha value is -5.08. The van der Waals surface area contributed by atoms with E-state index in [1.165, 1.54) is 21.1 Å². The zero-order valence-electron chi connectivity index (χ0n) is 59.1. The third kappa shape index (κ3) is 26.6. The Morgan fingerprint density at radius 2 is 1.37 bits per heavy atom. The number of piperidine rings is 1. The number of aliphatic hydroxyl groups is 2. The van der Waals surface area contributed by atoms with E-state index in [9.17, 15) is 48.6 Å². The van der Waals surface area contributed by atoms with Gasteiger partial charge in [-0.05, 0) is 140 Å². The van der Waals surface area contributed by atoms with Crippen molar-refractivity contribution in [2.45, 2.75) is 226 Å². The van der Waals surface area contributed by atoms with E-state index in [-0.39, 0.29) is 62.1 Å². The number of ketones is 3. The highest BCUT2D eigenvalue weighted by molar-refractivity contribution is 6.39. The van der Waals surface area contributed by atoms with Crippen LogP contribution in [0.4, 0.5) is 0 Å². The second kappa shape index (κ2) is 42.7. The summed E-state index contributed by atoms with van der Waals surface area (Å²) in [4.78, 5) is 114. The second-order valence-electron chi connectivity index (χ2n) is 27.0. The SMILES string of the molecule is COCCOCCCCC(=O)OCC(C)(COC(=O)CCCCOCCOC)C(=O)O[C@@H]1CC[C@@H](C[C@@H](C)[C@@H]2CC(=O)[C@H](C)/C=C(\C)[C@@H](O)[C@@H](OC)C(=O)[C@H](C)C[C@H](C)/C=C/C=C/C=C(\C)[C@@H](OC)C[C@@H]3CC[C@@H](C)[C@@](O)(O3)C(=O)C(=O)N3CCCC[C@H]3C(=O)O2)C[C@H]1OC. The van der Waals surface area contributed by atoms with E-state index < -0.39 is 132 Å². The second-order valence-corrected chi connectivity index (χ2v) is 27.0. The van der Waals surface area contributed by atoms with Gasteiger partial charge in [0.1, 0.15) is 54.9 Å². The van der Waals surface area contributed by atoms with Gasteiger partial charge in [-0.15, -0.1) is 0 Å². The molecule has 23 nitrogen and oxygen atoms in total. The summed E-state index contributed by atoms with van der Waals surface area (Å²) in [5.74, 6) is -10.9. The number of allylic oxidation sites excluding steroid dienone is 6. The minimum absolute atomic E-state index is 0.0165. The Morgan fingerprint density at radius 1 is 0.726 bits per heavy atom. The number of hydrogen-bond donors (Lipinski definition) is 2. The number of nitrogens with zero attached hydrogens (tertiary/aromatic N) is 1. The van der Waals surface area contributed by atoms with Crippen molar-refractivity contribution in [3.63, 3.8) is 0 Å². The zero-order chi connectivity index (χ0) is 70.3. The number of amides is 1. The first-order valence-electron chi connectivity index (χ1n) is 34.4. The Balaban J connectivity index is 1.62. The summed E-state index contributed by atoms with van der Waals surface area (Å²) in [5, 5.41) is 23.8. The van der Waals surface area contributed by atoms with Crippen molar-refractivity contribution >= 4 is 47.1 Å². The molecule has 15 atom stereocenters. The van der Waals surface area contributed by atoms with Crippen molar-refractivity contribution in [1.29, 1.82) is 0 Å². The summed E-state index contributed by atoms with van der Waals surface area (Å²) in [5.41, 5.74) is -0.424. The fraction of sp³-hybridized carbons (Fsp3) is 0.778. The predicted octanol–water partition coefficient (Wildman–Crippen LogP) is 8.49. The van der Waals surface area contributed by atoms with Gasteiger partial charge in [0.25, 0.3) is 11.7 Å². The van der Waals surface area contributed by atoms with Crippen molar-refractivity contribution in [1.82, 2.24) is 4.90 Å². The summed E-state index contributed by atoms with van der Waals surface area (Å²) < 4.78 is 68.7. The number of cyclic esters (lactones) is 1. The summed E-state index contributed by atoms with van der Waals surface area (Å²) in [6, 6.07) is -1.25. The quantitative estimate of drug-likeness (QED) is 0.0244. The third-order valence-electron chi connectivity index (χ3n) is 19.0. The van der Waals surface area contributed by atoms with Crippen LogP contribution in [0, 0.1) is 40.9 Å². The molecule has 1 saturated carbocycles. The van der Waals surface area contributed by atoms with Gasteiger partial charge >= 0.3 is 23.9 Å². The number of hydrogen-bond acceptors (Lipinski definition) is 22. The van der Waals surface area contributed by atoms with Crippen molar-refractivity contribution in [2.75, 3.05) is 94.9 Å². The molecule has 0 radical (unpaired) electrons. The van der Waals surface area contributed by atoms with Gasteiger partial charge in [-0.1, -0.05) is 71.1 Å². The number of carbonyl (C=O) groups is 8. The Kier molecular flexibility index (Phi) is 37.0. The highest BCUT2D eigenvalue weighted by Gasteiger charge is 2.53. The van der Waals surface area contributed by atoms with Gasteiger partial charge in [-0.2, -0.15) is 0 Å². The molecule has 95 heavy (non-hydrogen) atoms. The maximum Gasteiger partial charge on any atom is 0.329 e. The van der Waals surface area contributed by atoms with Crippen molar-refractivity contribution in [2.24, 2.45) is 40.9 Å². The standard InChI is InChI=1S/C72H115NO22/c1-47-23-15-14-16-24-48(2)59(86-11)43-55-30-28-53(7)72(83,95-55)67(79)68(80)73-32-20-17-25-56(73)69(81)93-60(44-57(74)49(3)40-52(6)65(78)66(88-13)64(77)51(5)39-47)50(4)41-54-29-31-58(61(42-54)87-12)94-70(82)71(8,45-91-62(75)26-18-21-33-89-37-35-84-9)46-92-63(76)27-19-22-34-90-38-36-85-10/h14-16,23-24,40,47,49-51,53-56,58-61,65-66,78,83H,17-22,25-39,41-46H2,1-13H3/b16-14+,23-15+,48-24+,52-40+/t47-,49-,50-,51-,53-,54+,55+,56+,58-,59+,60+,61-,65-,66+,72-/m1/s1. The molecule has 0 aromatic carbocycles. The number of methoxy groups -OCH3 is 5. The van der Waals surface area contributed by atoms with Crippen LogP contribution in [0.1, 0.15) is 171 Å². The molecule has 23 heteroatoms. The molecule has 2 N–H and O–H groups in total. The summed E-state index contributed by atoms with van der Waals surface area (Å²) in [7, 11) is 7.58. The number of Topliss-reactive ketones (excluding diaryl/α,β-unsaturated/α-hetero) is 3. The molecule has 3 fully saturated rings. The highest BCUT2D eigenvalue weighted by atomic mass is 16.6. The largest absolute Gasteiger partial charge is 0.464 e. The van der Waals surface area contributed by atoms with Crippen molar-refractivity contribution < 1.29 is 105 Å². The molecule has 2 bridgehead atoms. The minimum Gasteiger partial charge on any atom is -0.464 e. The first-order chi connectivity index (χ1) is 45.3. The van der Waals surface area contributed by atoms with E-state index in [0.717, 1.165) is 10.5 Å². The van der Waals surface area contributed by atoms with Crippen LogP contribution in [-0.4, -0.2) is 212 Å².